The first-order chi connectivity index (χ1) is 10.6. The van der Waals surface area contributed by atoms with Crippen molar-refractivity contribution >= 4 is 35.0 Å². The molecule has 0 bridgehead atoms. The van der Waals surface area contributed by atoms with Crippen LogP contribution in [0.2, 0.25) is 10.4 Å². The summed E-state index contributed by atoms with van der Waals surface area (Å²) in [5, 5.41) is 9.34. The first kappa shape index (κ1) is 15.6. The smallest absolute Gasteiger partial charge is 0.345 e. The van der Waals surface area contributed by atoms with Crippen LogP contribution in [0.3, 0.4) is 0 Å². The van der Waals surface area contributed by atoms with Crippen molar-refractivity contribution in [1.82, 2.24) is 9.97 Å². The number of hydrogen-bond acceptors (Lipinski definition) is 6. The number of hydrogen-bond donors (Lipinski definition) is 1. The molecule has 1 N–H and O–H groups in total. The molecule has 0 spiro atoms. The van der Waals surface area contributed by atoms with E-state index in [4.69, 9.17) is 32.7 Å². The van der Waals surface area contributed by atoms with Gasteiger partial charge in [0.25, 0.3) is 0 Å². The Hall–Kier alpha value is -1.31. The van der Waals surface area contributed by atoms with Crippen molar-refractivity contribution in [2.24, 2.45) is 5.92 Å². The van der Waals surface area contributed by atoms with Gasteiger partial charge in [-0.1, -0.05) is 11.6 Å². The second-order valence-electron chi connectivity index (χ2n) is 5.25. The Labute approximate surface area is 137 Å². The van der Waals surface area contributed by atoms with Crippen LogP contribution in [-0.2, 0) is 9.53 Å². The van der Waals surface area contributed by atoms with Gasteiger partial charge in [0.1, 0.15) is 0 Å². The maximum absolute atomic E-state index is 11.4. The minimum Gasteiger partial charge on any atom is -0.478 e. The Kier molecular flexibility index (Phi) is 4.56. The zero-order chi connectivity index (χ0) is 15.7. The van der Waals surface area contributed by atoms with E-state index in [1.54, 1.807) is 0 Å². The van der Waals surface area contributed by atoms with Crippen LogP contribution in [0.15, 0.2) is 0 Å². The van der Waals surface area contributed by atoms with Crippen molar-refractivity contribution in [3.05, 3.63) is 10.4 Å². The highest BCUT2D eigenvalue weighted by Crippen LogP contribution is 2.40. The second kappa shape index (κ2) is 6.44. The molecule has 1 aromatic rings. The summed E-state index contributed by atoms with van der Waals surface area (Å²) in [7, 11) is 0. The third kappa shape index (κ3) is 3.37. The molecule has 1 unspecified atom stereocenters. The normalized spacial score (nSPS) is 19.8. The van der Waals surface area contributed by atoms with E-state index in [-0.39, 0.29) is 22.1 Å². The van der Waals surface area contributed by atoms with Crippen molar-refractivity contribution in [3.63, 3.8) is 0 Å². The number of halogens is 2. The summed E-state index contributed by atoms with van der Waals surface area (Å²) in [6.45, 7) is 2.29. The van der Waals surface area contributed by atoms with E-state index < -0.39 is 12.1 Å². The monoisotopic (exact) mass is 347 g/mol. The molecule has 0 amide bonds. The maximum Gasteiger partial charge on any atom is 0.345 e. The highest BCUT2D eigenvalue weighted by atomic mass is 35.5. The standard InChI is InChI=1S/C13H15Cl2N3O4/c14-10-9(22-8(12(19)20)7-1-2-7)11(17-13(15)16-10)18-3-5-21-6-4-18/h7-8H,1-6H2,(H,19,20). The summed E-state index contributed by atoms with van der Waals surface area (Å²) in [5.74, 6) is -0.421. The molecule has 9 heteroatoms. The summed E-state index contributed by atoms with van der Waals surface area (Å²) >= 11 is 12.0. The van der Waals surface area contributed by atoms with Crippen LogP contribution in [0.1, 0.15) is 12.8 Å². The van der Waals surface area contributed by atoms with Crippen LogP contribution in [0.25, 0.3) is 0 Å². The van der Waals surface area contributed by atoms with Gasteiger partial charge in [-0.3, -0.25) is 0 Å². The number of carboxylic acids is 1. The van der Waals surface area contributed by atoms with E-state index in [1.165, 1.54) is 0 Å². The second-order valence-corrected chi connectivity index (χ2v) is 5.95. The number of rotatable bonds is 5. The first-order valence-electron chi connectivity index (χ1n) is 7.01. The number of aliphatic carboxylic acids is 1. The summed E-state index contributed by atoms with van der Waals surface area (Å²) in [5.41, 5.74) is 0. The lowest BCUT2D eigenvalue weighted by Crippen LogP contribution is -2.38. The van der Waals surface area contributed by atoms with Crippen molar-refractivity contribution < 1.29 is 19.4 Å². The summed E-state index contributed by atoms with van der Waals surface area (Å²) in [4.78, 5) is 21.3. The van der Waals surface area contributed by atoms with Gasteiger partial charge in [-0.05, 0) is 24.4 Å². The molecular formula is C13H15Cl2N3O4. The van der Waals surface area contributed by atoms with Crippen LogP contribution in [0.5, 0.6) is 5.75 Å². The SMILES string of the molecule is O=C(O)C(Oc1c(Cl)nc(Cl)nc1N1CCOCC1)C1CC1. The Balaban J connectivity index is 1.92. The molecule has 120 valence electrons. The fourth-order valence-electron chi connectivity index (χ4n) is 2.35. The van der Waals surface area contributed by atoms with Crippen LogP contribution in [0.4, 0.5) is 5.82 Å². The average Bonchev–Trinajstić information content (AvgIpc) is 3.31. The van der Waals surface area contributed by atoms with E-state index >= 15 is 0 Å². The maximum atomic E-state index is 11.4. The molecule has 1 saturated heterocycles. The molecule has 3 rings (SSSR count). The lowest BCUT2D eigenvalue weighted by Gasteiger charge is -2.30. The zero-order valence-electron chi connectivity index (χ0n) is 11.7. The van der Waals surface area contributed by atoms with Crippen molar-refractivity contribution in [2.75, 3.05) is 31.2 Å². The fourth-order valence-corrected chi connectivity index (χ4v) is 2.77. The molecule has 1 atom stereocenters. The molecule has 0 aromatic carbocycles. The van der Waals surface area contributed by atoms with Gasteiger partial charge in [0, 0.05) is 19.0 Å². The molecular weight excluding hydrogens is 333 g/mol. The summed E-state index contributed by atoms with van der Waals surface area (Å²) in [6, 6.07) is 0. The first-order valence-corrected chi connectivity index (χ1v) is 7.77. The van der Waals surface area contributed by atoms with Crippen molar-refractivity contribution in [2.45, 2.75) is 18.9 Å². The van der Waals surface area contributed by atoms with Crippen LogP contribution in [-0.4, -0.2) is 53.5 Å². The molecule has 1 aromatic heterocycles. The molecule has 1 aliphatic heterocycles. The minimum atomic E-state index is -1.01. The van der Waals surface area contributed by atoms with Gasteiger partial charge >= 0.3 is 5.97 Å². The fraction of sp³-hybridized carbons (Fsp3) is 0.615. The Morgan fingerprint density at radius 2 is 2.00 bits per heavy atom. The van der Waals surface area contributed by atoms with E-state index in [0.29, 0.717) is 32.1 Å². The Bertz CT molecular complexity index is 577. The number of nitrogens with zero attached hydrogens (tertiary/aromatic N) is 3. The average molecular weight is 348 g/mol. The number of morpholine rings is 1. The third-order valence-corrected chi connectivity index (χ3v) is 4.05. The third-order valence-electron chi connectivity index (χ3n) is 3.63. The topological polar surface area (TPSA) is 84.8 Å². The number of carbonyl (C=O) groups is 1. The van der Waals surface area contributed by atoms with Gasteiger partial charge in [0.05, 0.1) is 13.2 Å². The van der Waals surface area contributed by atoms with E-state index in [9.17, 15) is 9.90 Å². The lowest BCUT2D eigenvalue weighted by atomic mass is 10.2. The Morgan fingerprint density at radius 1 is 1.32 bits per heavy atom. The van der Waals surface area contributed by atoms with Crippen molar-refractivity contribution in [1.29, 1.82) is 0 Å². The molecule has 2 aliphatic rings. The van der Waals surface area contributed by atoms with E-state index in [0.717, 1.165) is 12.8 Å². The molecule has 0 radical (unpaired) electrons. The lowest BCUT2D eigenvalue weighted by molar-refractivity contribution is -0.146. The van der Waals surface area contributed by atoms with Gasteiger partial charge in [0.15, 0.2) is 22.8 Å². The summed E-state index contributed by atoms with van der Waals surface area (Å²) < 4.78 is 11.0. The highest BCUT2D eigenvalue weighted by Gasteiger charge is 2.39. The van der Waals surface area contributed by atoms with Crippen LogP contribution < -0.4 is 9.64 Å². The van der Waals surface area contributed by atoms with Gasteiger partial charge in [-0.15, -0.1) is 0 Å². The van der Waals surface area contributed by atoms with Gasteiger partial charge in [0.2, 0.25) is 5.28 Å². The highest BCUT2D eigenvalue weighted by molar-refractivity contribution is 6.33. The van der Waals surface area contributed by atoms with Gasteiger partial charge in [-0.2, -0.15) is 4.98 Å². The number of carboxylic acid groups (broad SMARTS) is 1. The van der Waals surface area contributed by atoms with E-state index in [2.05, 4.69) is 9.97 Å². The zero-order valence-corrected chi connectivity index (χ0v) is 13.2. The predicted octanol–water partition coefficient (Wildman–Crippen LogP) is 1.86. The van der Waals surface area contributed by atoms with Crippen LogP contribution in [0, 0.1) is 5.92 Å². The molecule has 2 fully saturated rings. The quantitative estimate of drug-likeness (QED) is 0.642. The van der Waals surface area contributed by atoms with Gasteiger partial charge < -0.3 is 19.5 Å². The largest absolute Gasteiger partial charge is 0.478 e. The number of ether oxygens (including phenoxy) is 2. The molecule has 1 aliphatic carbocycles. The molecule has 22 heavy (non-hydrogen) atoms. The van der Waals surface area contributed by atoms with E-state index in [1.807, 2.05) is 4.90 Å². The summed E-state index contributed by atoms with van der Waals surface area (Å²) in [6.07, 6.45) is 0.716. The number of aromatic nitrogens is 2. The molecule has 1 saturated carbocycles. The minimum absolute atomic E-state index is 0.00165. The van der Waals surface area contributed by atoms with Gasteiger partial charge in [-0.25, -0.2) is 9.78 Å². The predicted molar refractivity (Wildman–Crippen MR) is 79.9 cm³/mol. The van der Waals surface area contributed by atoms with Crippen molar-refractivity contribution in [3.8, 4) is 5.75 Å². The van der Waals surface area contributed by atoms with Crippen LogP contribution >= 0.6 is 23.2 Å². The molecule has 7 nitrogen and oxygen atoms in total. The Morgan fingerprint density at radius 3 is 2.59 bits per heavy atom. The number of anilines is 1. The molecule has 2 heterocycles.